The quantitative estimate of drug-likeness (QED) is 0.363. The molecule has 4 rings (SSSR count). The summed E-state index contributed by atoms with van der Waals surface area (Å²) in [5.74, 6) is 0.799. The van der Waals surface area contributed by atoms with Gasteiger partial charge in [0, 0.05) is 61.9 Å². The fraction of sp³-hybridized carbons (Fsp3) is 0.424. The number of carbonyl (C=O) groups excluding carboxylic acids is 1. The normalized spacial score (nSPS) is 14.8. The van der Waals surface area contributed by atoms with Crippen LogP contribution in [-0.4, -0.2) is 54.6 Å². The van der Waals surface area contributed by atoms with Crippen molar-refractivity contribution in [3.63, 3.8) is 0 Å². The number of methoxy groups -OCH3 is 1. The van der Waals surface area contributed by atoms with Crippen LogP contribution in [-0.2, 0) is 6.54 Å². The summed E-state index contributed by atoms with van der Waals surface area (Å²) in [6.07, 6.45) is 6.88. The van der Waals surface area contributed by atoms with Crippen LogP contribution in [0.2, 0.25) is 0 Å². The molecule has 210 valence electrons. The average Bonchev–Trinajstić information content (AvgIpc) is 2.96. The van der Waals surface area contributed by atoms with Crippen molar-refractivity contribution >= 4 is 11.6 Å². The lowest BCUT2D eigenvalue weighted by Crippen LogP contribution is -2.48. The molecular formula is C33H41N5O2. The van der Waals surface area contributed by atoms with Gasteiger partial charge in [-0.3, -0.25) is 9.78 Å². The number of nitrogens with zero attached hydrogens (tertiary/aromatic N) is 4. The van der Waals surface area contributed by atoms with Crippen LogP contribution >= 0.6 is 0 Å². The molecule has 1 N–H and O–H groups in total. The van der Waals surface area contributed by atoms with Crippen LogP contribution in [0.1, 0.15) is 64.4 Å². The van der Waals surface area contributed by atoms with Crippen LogP contribution in [0.5, 0.6) is 5.75 Å². The van der Waals surface area contributed by atoms with E-state index in [1.807, 2.05) is 38.4 Å². The molecular weight excluding hydrogens is 498 g/mol. The Morgan fingerprint density at radius 1 is 1.12 bits per heavy atom. The van der Waals surface area contributed by atoms with Gasteiger partial charge in [-0.05, 0) is 112 Å². The number of ether oxygens (including phenoxy) is 1. The summed E-state index contributed by atoms with van der Waals surface area (Å²) in [6, 6.07) is 17.0. The molecule has 1 aliphatic heterocycles. The highest BCUT2D eigenvalue weighted by atomic mass is 16.5. The summed E-state index contributed by atoms with van der Waals surface area (Å²) in [7, 11) is 1.70. The first-order valence-electron chi connectivity index (χ1n) is 14.1. The first-order chi connectivity index (χ1) is 19.3. The molecule has 2 aromatic carbocycles. The van der Waals surface area contributed by atoms with Crippen molar-refractivity contribution in [2.45, 2.75) is 65.6 Å². The standard InChI is InChI=1S/C33H41N5O2/c1-23-10-14-35-21-28(23)22-38(29-6-8-31(40-5)9-7-29)30-12-16-37(17-13-30)26(4)11-15-36-33(39)32-24(2)18-27(20-34)19-25(32)3/h6-10,14,18-19,21,26,30H,11-13,15-17,22H2,1-5H3,(H,36,39). The lowest BCUT2D eigenvalue weighted by Gasteiger charge is -2.42. The molecule has 1 fully saturated rings. The van der Waals surface area contributed by atoms with E-state index in [0.717, 1.165) is 55.8 Å². The van der Waals surface area contributed by atoms with E-state index in [0.29, 0.717) is 29.8 Å². The summed E-state index contributed by atoms with van der Waals surface area (Å²) in [6.45, 7) is 11.7. The summed E-state index contributed by atoms with van der Waals surface area (Å²) < 4.78 is 5.39. The van der Waals surface area contributed by atoms with Gasteiger partial charge < -0.3 is 19.9 Å². The van der Waals surface area contributed by atoms with Crippen LogP contribution in [0.3, 0.4) is 0 Å². The van der Waals surface area contributed by atoms with Gasteiger partial charge in [-0.15, -0.1) is 0 Å². The zero-order chi connectivity index (χ0) is 28.6. The Hall–Kier alpha value is -3.89. The zero-order valence-electron chi connectivity index (χ0n) is 24.4. The van der Waals surface area contributed by atoms with Crippen LogP contribution in [0.25, 0.3) is 0 Å². The monoisotopic (exact) mass is 539 g/mol. The third-order valence-corrected chi connectivity index (χ3v) is 8.19. The number of nitriles is 1. The van der Waals surface area contributed by atoms with Crippen LogP contribution < -0.4 is 15.0 Å². The number of hydrogen-bond acceptors (Lipinski definition) is 6. The van der Waals surface area contributed by atoms with E-state index in [2.05, 4.69) is 58.2 Å². The predicted molar refractivity (Wildman–Crippen MR) is 160 cm³/mol. The lowest BCUT2D eigenvalue weighted by molar-refractivity contribution is 0.0944. The first kappa shape index (κ1) is 29.1. The third kappa shape index (κ3) is 7.00. The molecule has 2 heterocycles. The predicted octanol–water partition coefficient (Wildman–Crippen LogP) is 5.57. The number of hydrogen-bond donors (Lipinski definition) is 1. The van der Waals surface area contributed by atoms with Gasteiger partial charge in [-0.1, -0.05) is 0 Å². The second-order valence-electron chi connectivity index (χ2n) is 10.9. The second kappa shape index (κ2) is 13.5. The largest absolute Gasteiger partial charge is 0.497 e. The molecule has 1 saturated heterocycles. The number of carbonyl (C=O) groups is 1. The third-order valence-electron chi connectivity index (χ3n) is 8.19. The number of pyridine rings is 1. The summed E-state index contributed by atoms with van der Waals surface area (Å²) in [4.78, 5) is 22.3. The molecule has 1 amide bonds. The van der Waals surface area contributed by atoms with Crippen molar-refractivity contribution in [2.75, 3.05) is 31.6 Å². The highest BCUT2D eigenvalue weighted by Crippen LogP contribution is 2.29. The Labute approximate surface area is 238 Å². The van der Waals surface area contributed by atoms with Crippen LogP contribution in [0.15, 0.2) is 54.9 Å². The molecule has 0 aliphatic carbocycles. The van der Waals surface area contributed by atoms with E-state index in [1.54, 1.807) is 19.2 Å². The molecule has 0 saturated carbocycles. The molecule has 1 aliphatic rings. The van der Waals surface area contributed by atoms with Crippen LogP contribution in [0.4, 0.5) is 5.69 Å². The number of piperidine rings is 1. The Kier molecular flexibility index (Phi) is 9.79. The van der Waals surface area contributed by atoms with Crippen LogP contribution in [0, 0.1) is 32.1 Å². The van der Waals surface area contributed by atoms with Crippen molar-refractivity contribution in [3.05, 3.63) is 88.2 Å². The Balaban J connectivity index is 1.34. The summed E-state index contributed by atoms with van der Waals surface area (Å²) in [5, 5.41) is 12.3. The van der Waals surface area contributed by atoms with E-state index < -0.39 is 0 Å². The smallest absolute Gasteiger partial charge is 0.251 e. The van der Waals surface area contributed by atoms with Crippen molar-refractivity contribution in [1.29, 1.82) is 5.26 Å². The number of amides is 1. The van der Waals surface area contributed by atoms with E-state index >= 15 is 0 Å². The molecule has 1 aromatic heterocycles. The van der Waals surface area contributed by atoms with Gasteiger partial charge in [0.25, 0.3) is 5.91 Å². The maximum atomic E-state index is 12.9. The summed E-state index contributed by atoms with van der Waals surface area (Å²) in [5.41, 5.74) is 6.65. The van der Waals surface area contributed by atoms with Crippen molar-refractivity contribution in [2.24, 2.45) is 0 Å². The average molecular weight is 540 g/mol. The number of likely N-dealkylation sites (tertiary alicyclic amines) is 1. The van der Waals surface area contributed by atoms with E-state index in [1.165, 1.54) is 16.8 Å². The highest BCUT2D eigenvalue weighted by Gasteiger charge is 2.28. The molecule has 0 radical (unpaired) electrons. The molecule has 40 heavy (non-hydrogen) atoms. The lowest BCUT2D eigenvalue weighted by atomic mass is 9.98. The Bertz CT molecular complexity index is 1320. The van der Waals surface area contributed by atoms with Gasteiger partial charge in [-0.25, -0.2) is 0 Å². The van der Waals surface area contributed by atoms with Gasteiger partial charge in [0.2, 0.25) is 0 Å². The number of nitrogens with one attached hydrogen (secondary N) is 1. The summed E-state index contributed by atoms with van der Waals surface area (Å²) >= 11 is 0. The number of benzene rings is 2. The maximum Gasteiger partial charge on any atom is 0.251 e. The highest BCUT2D eigenvalue weighted by molar-refractivity contribution is 5.97. The van der Waals surface area contributed by atoms with E-state index in [-0.39, 0.29) is 5.91 Å². The minimum atomic E-state index is -0.0637. The molecule has 3 aromatic rings. The van der Waals surface area contributed by atoms with Crippen molar-refractivity contribution < 1.29 is 9.53 Å². The minimum Gasteiger partial charge on any atom is -0.497 e. The van der Waals surface area contributed by atoms with Crippen molar-refractivity contribution in [3.8, 4) is 11.8 Å². The number of aromatic nitrogens is 1. The number of rotatable bonds is 10. The SMILES string of the molecule is COc1ccc(N(Cc2cnccc2C)C2CCN(C(C)CCNC(=O)c3c(C)cc(C#N)cc3C)CC2)cc1. The van der Waals surface area contributed by atoms with Crippen molar-refractivity contribution in [1.82, 2.24) is 15.2 Å². The van der Waals surface area contributed by atoms with Gasteiger partial charge in [0.05, 0.1) is 18.7 Å². The Morgan fingerprint density at radius 3 is 2.40 bits per heavy atom. The number of aryl methyl sites for hydroxylation is 3. The van der Waals surface area contributed by atoms with E-state index in [9.17, 15) is 10.1 Å². The van der Waals surface area contributed by atoms with Gasteiger partial charge in [0.1, 0.15) is 5.75 Å². The second-order valence-corrected chi connectivity index (χ2v) is 10.9. The van der Waals surface area contributed by atoms with Gasteiger partial charge in [0.15, 0.2) is 0 Å². The molecule has 0 spiro atoms. The van der Waals surface area contributed by atoms with Gasteiger partial charge in [-0.2, -0.15) is 5.26 Å². The molecule has 1 unspecified atom stereocenters. The molecule has 1 atom stereocenters. The Morgan fingerprint density at radius 2 is 1.80 bits per heavy atom. The molecule has 7 nitrogen and oxygen atoms in total. The fourth-order valence-electron chi connectivity index (χ4n) is 5.74. The minimum absolute atomic E-state index is 0.0637. The first-order valence-corrected chi connectivity index (χ1v) is 14.1. The molecule has 0 bridgehead atoms. The maximum absolute atomic E-state index is 12.9. The zero-order valence-corrected chi connectivity index (χ0v) is 24.4. The number of anilines is 1. The molecule has 7 heteroatoms. The fourth-order valence-corrected chi connectivity index (χ4v) is 5.74. The topological polar surface area (TPSA) is 81.5 Å². The van der Waals surface area contributed by atoms with E-state index in [4.69, 9.17) is 4.74 Å². The van der Waals surface area contributed by atoms with Gasteiger partial charge >= 0.3 is 0 Å².